The van der Waals surface area contributed by atoms with Gasteiger partial charge in [-0.2, -0.15) is 0 Å². The van der Waals surface area contributed by atoms with Crippen molar-refractivity contribution in [2.24, 2.45) is 7.05 Å². The molecule has 1 N–H and O–H groups in total. The van der Waals surface area contributed by atoms with Crippen molar-refractivity contribution in [2.75, 3.05) is 17.7 Å². The van der Waals surface area contributed by atoms with Crippen molar-refractivity contribution in [1.29, 1.82) is 0 Å². The number of nitrogens with zero attached hydrogens (tertiary/aromatic N) is 3. The van der Waals surface area contributed by atoms with E-state index in [1.165, 1.54) is 22.9 Å². The molecule has 1 aromatic heterocycles. The monoisotopic (exact) mass is 470 g/mol. The Hall–Kier alpha value is -2.78. The van der Waals surface area contributed by atoms with Gasteiger partial charge < -0.3 is 14.6 Å². The summed E-state index contributed by atoms with van der Waals surface area (Å²) in [5.41, 5.74) is 3.61. The van der Waals surface area contributed by atoms with Crippen molar-refractivity contribution in [3.8, 4) is 0 Å². The topological polar surface area (TPSA) is 86.1 Å². The Bertz CT molecular complexity index is 1050. The van der Waals surface area contributed by atoms with Crippen LogP contribution in [0.25, 0.3) is 0 Å². The van der Waals surface area contributed by atoms with Crippen LogP contribution in [0.1, 0.15) is 34.2 Å². The minimum absolute atomic E-state index is 0.155. The van der Waals surface area contributed by atoms with Gasteiger partial charge in [0.1, 0.15) is 5.82 Å². The smallest absolute Gasteiger partial charge is 0.338 e. The third-order valence-electron chi connectivity index (χ3n) is 4.56. The molecule has 0 bridgehead atoms. The molecular formula is C23H26N4O3S2. The van der Waals surface area contributed by atoms with Crippen molar-refractivity contribution in [2.45, 2.75) is 30.5 Å². The summed E-state index contributed by atoms with van der Waals surface area (Å²) in [6.45, 7) is 4.16. The van der Waals surface area contributed by atoms with E-state index in [0.29, 0.717) is 23.0 Å². The summed E-state index contributed by atoms with van der Waals surface area (Å²) in [6.07, 6.45) is 0. The highest BCUT2D eigenvalue weighted by atomic mass is 32.2. The van der Waals surface area contributed by atoms with Gasteiger partial charge in [-0.1, -0.05) is 41.6 Å². The SMILES string of the molecule is CCOC(=O)c1ccc(NC(=O)CSc2nnc(CSCc3ccc(C)cc3)n2C)cc1. The largest absolute Gasteiger partial charge is 0.462 e. The molecule has 168 valence electrons. The molecular weight excluding hydrogens is 444 g/mol. The number of carbonyl (C=O) groups is 2. The average molecular weight is 471 g/mol. The molecule has 2 aromatic carbocycles. The summed E-state index contributed by atoms with van der Waals surface area (Å²) in [5, 5.41) is 12.0. The molecule has 0 aliphatic rings. The molecule has 32 heavy (non-hydrogen) atoms. The summed E-state index contributed by atoms with van der Waals surface area (Å²) in [7, 11) is 1.91. The fraction of sp³-hybridized carbons (Fsp3) is 0.304. The zero-order valence-electron chi connectivity index (χ0n) is 18.3. The maximum atomic E-state index is 12.3. The fourth-order valence-electron chi connectivity index (χ4n) is 2.77. The van der Waals surface area contributed by atoms with Gasteiger partial charge in [0.15, 0.2) is 5.16 Å². The van der Waals surface area contributed by atoms with Crippen LogP contribution in [-0.2, 0) is 28.1 Å². The second kappa shape index (κ2) is 11.7. The Balaban J connectivity index is 1.45. The lowest BCUT2D eigenvalue weighted by Crippen LogP contribution is -2.14. The highest BCUT2D eigenvalue weighted by Crippen LogP contribution is 2.21. The average Bonchev–Trinajstić information content (AvgIpc) is 3.14. The number of esters is 1. The first-order valence-corrected chi connectivity index (χ1v) is 12.3. The number of thioether (sulfide) groups is 2. The Morgan fingerprint density at radius 2 is 1.75 bits per heavy atom. The van der Waals surface area contributed by atoms with Crippen molar-refractivity contribution in [1.82, 2.24) is 14.8 Å². The Morgan fingerprint density at radius 1 is 1.03 bits per heavy atom. The minimum Gasteiger partial charge on any atom is -0.462 e. The number of amides is 1. The van der Waals surface area contributed by atoms with E-state index in [4.69, 9.17) is 4.74 Å². The molecule has 0 saturated heterocycles. The first kappa shape index (κ1) is 23.9. The Labute approximate surface area is 196 Å². The van der Waals surface area contributed by atoms with Crippen molar-refractivity contribution in [3.63, 3.8) is 0 Å². The van der Waals surface area contributed by atoms with Gasteiger partial charge in [-0.05, 0) is 43.7 Å². The van der Waals surface area contributed by atoms with E-state index in [-0.39, 0.29) is 17.6 Å². The van der Waals surface area contributed by atoms with Crippen LogP contribution in [0.4, 0.5) is 5.69 Å². The van der Waals surface area contributed by atoms with Crippen LogP contribution < -0.4 is 5.32 Å². The quantitative estimate of drug-likeness (QED) is 0.346. The highest BCUT2D eigenvalue weighted by Gasteiger charge is 2.12. The third kappa shape index (κ3) is 6.86. The normalized spacial score (nSPS) is 10.7. The van der Waals surface area contributed by atoms with Crippen LogP contribution in [0.15, 0.2) is 53.7 Å². The van der Waals surface area contributed by atoms with Gasteiger partial charge in [-0.15, -0.1) is 22.0 Å². The molecule has 3 rings (SSSR count). The van der Waals surface area contributed by atoms with Crippen molar-refractivity contribution >= 4 is 41.1 Å². The van der Waals surface area contributed by atoms with Gasteiger partial charge in [0.05, 0.1) is 23.7 Å². The van der Waals surface area contributed by atoms with Crippen LogP contribution in [0.2, 0.25) is 0 Å². The molecule has 9 heteroatoms. The number of benzene rings is 2. The number of rotatable bonds is 10. The van der Waals surface area contributed by atoms with Crippen LogP contribution in [-0.4, -0.2) is 39.0 Å². The van der Waals surface area contributed by atoms with Gasteiger partial charge in [0.25, 0.3) is 0 Å². The summed E-state index contributed by atoms with van der Waals surface area (Å²) >= 11 is 3.12. The molecule has 7 nitrogen and oxygen atoms in total. The number of hydrogen-bond donors (Lipinski definition) is 1. The van der Waals surface area contributed by atoms with Crippen LogP contribution in [0, 0.1) is 6.92 Å². The summed E-state index contributed by atoms with van der Waals surface area (Å²) in [6, 6.07) is 15.1. The third-order valence-corrected chi connectivity index (χ3v) is 6.58. The van der Waals surface area contributed by atoms with Gasteiger partial charge in [0.2, 0.25) is 5.91 Å². The number of anilines is 1. The van der Waals surface area contributed by atoms with Gasteiger partial charge in [0, 0.05) is 18.5 Å². The standard InChI is InChI=1S/C23H26N4O3S2/c1-4-30-22(29)18-9-11-19(12-10-18)24-21(28)15-32-23-26-25-20(27(23)3)14-31-13-17-7-5-16(2)6-8-17/h5-12H,4,13-15H2,1-3H3,(H,24,28). The molecule has 1 heterocycles. The molecule has 0 saturated carbocycles. The number of aryl methyl sites for hydroxylation is 1. The van der Waals surface area contributed by atoms with Gasteiger partial charge in [-0.25, -0.2) is 4.79 Å². The minimum atomic E-state index is -0.379. The molecule has 0 fully saturated rings. The van der Waals surface area contributed by atoms with E-state index in [1.54, 1.807) is 43.0 Å². The number of nitrogens with one attached hydrogen (secondary N) is 1. The molecule has 0 aliphatic carbocycles. The zero-order chi connectivity index (χ0) is 22.9. The fourth-order valence-corrected chi connectivity index (χ4v) is 4.47. The molecule has 0 unspecified atom stereocenters. The van der Waals surface area contributed by atoms with E-state index in [9.17, 15) is 9.59 Å². The van der Waals surface area contributed by atoms with Crippen LogP contribution in [0.5, 0.6) is 0 Å². The summed E-state index contributed by atoms with van der Waals surface area (Å²) in [5.74, 6) is 2.21. The molecule has 0 radical (unpaired) electrons. The predicted molar refractivity (Wildman–Crippen MR) is 129 cm³/mol. The molecule has 0 atom stereocenters. The molecule has 3 aromatic rings. The Kier molecular flexibility index (Phi) is 8.75. The van der Waals surface area contributed by atoms with Crippen molar-refractivity contribution in [3.05, 3.63) is 71.0 Å². The lowest BCUT2D eigenvalue weighted by atomic mass is 10.2. The Morgan fingerprint density at radius 3 is 2.44 bits per heavy atom. The van der Waals surface area contributed by atoms with Crippen LogP contribution in [0.3, 0.4) is 0 Å². The summed E-state index contributed by atoms with van der Waals surface area (Å²) < 4.78 is 6.88. The molecule has 1 amide bonds. The number of carbonyl (C=O) groups excluding carboxylic acids is 2. The van der Waals surface area contributed by atoms with Crippen LogP contribution >= 0.6 is 23.5 Å². The lowest BCUT2D eigenvalue weighted by molar-refractivity contribution is -0.113. The zero-order valence-corrected chi connectivity index (χ0v) is 20.0. The van der Waals surface area contributed by atoms with E-state index < -0.39 is 0 Å². The predicted octanol–water partition coefficient (Wildman–Crippen LogP) is 4.46. The lowest BCUT2D eigenvalue weighted by Gasteiger charge is -2.07. The maximum Gasteiger partial charge on any atom is 0.338 e. The van der Waals surface area contributed by atoms with Gasteiger partial charge in [-0.3, -0.25) is 4.79 Å². The molecule has 0 spiro atoms. The van der Waals surface area contributed by atoms with E-state index >= 15 is 0 Å². The van der Waals surface area contributed by atoms with E-state index in [1.807, 2.05) is 11.6 Å². The number of aromatic nitrogens is 3. The molecule has 0 aliphatic heterocycles. The first-order chi connectivity index (χ1) is 15.5. The van der Waals surface area contributed by atoms with E-state index in [0.717, 1.165) is 17.3 Å². The maximum absolute atomic E-state index is 12.3. The van der Waals surface area contributed by atoms with E-state index in [2.05, 4.69) is 46.7 Å². The summed E-state index contributed by atoms with van der Waals surface area (Å²) in [4.78, 5) is 24.0. The second-order valence-electron chi connectivity index (χ2n) is 7.07. The first-order valence-electron chi connectivity index (χ1n) is 10.2. The number of hydrogen-bond acceptors (Lipinski definition) is 7. The number of ether oxygens (including phenoxy) is 1. The van der Waals surface area contributed by atoms with Crippen molar-refractivity contribution < 1.29 is 14.3 Å². The second-order valence-corrected chi connectivity index (χ2v) is 9.00. The van der Waals surface area contributed by atoms with Gasteiger partial charge >= 0.3 is 5.97 Å². The highest BCUT2D eigenvalue weighted by molar-refractivity contribution is 7.99.